The Hall–Kier alpha value is -10.4. The maximum atomic E-state index is 15.9. The zero-order valence-corrected chi connectivity index (χ0v) is 88.5. The molecule has 0 aromatic rings. The minimum Gasteiger partial charge on any atom is -0.463 e. The molecule has 1 heterocycles. The molecule has 12 unspecified atom stereocenters. The van der Waals surface area contributed by atoms with E-state index in [1.165, 1.54) is 77.9 Å². The number of aliphatic hydroxyl groups is 2. The molecular weight excluding hydrogens is 1850 g/mol. The maximum Gasteiger partial charge on any atom is 0.511 e. The third-order valence-electron chi connectivity index (χ3n) is 28.1. The number of likely N-dealkylation sites (N-methyl/N-ethyl adjacent to an activating group) is 7. The molecular formula is C101H164N12O29. The molecule has 20 atom stereocenters. The topological polar surface area (TPSA) is 528 Å². The molecule has 0 aromatic heterocycles. The van der Waals surface area contributed by atoms with Crippen LogP contribution in [-0.2, 0) is 124 Å². The van der Waals surface area contributed by atoms with Crippen molar-refractivity contribution in [2.24, 2.45) is 75.7 Å². The van der Waals surface area contributed by atoms with Gasteiger partial charge in [0.1, 0.15) is 91.4 Å². The number of Topliss-reactive ketones (excluding diaryl/α,β-unsaturated/α-hetero) is 1. The van der Waals surface area contributed by atoms with E-state index in [1.807, 2.05) is 75.3 Å². The fourth-order valence-corrected chi connectivity index (χ4v) is 19.9. The minimum absolute atomic E-state index is 0.00425. The van der Waals surface area contributed by atoms with Gasteiger partial charge in [-0.15, -0.1) is 0 Å². The Labute approximate surface area is 837 Å². The molecule has 3 saturated carbocycles. The number of ketones is 2. The highest BCUT2D eigenvalue weighted by Gasteiger charge is 2.68. The Bertz CT molecular complexity index is 4460. The van der Waals surface area contributed by atoms with Crippen LogP contribution in [0.15, 0.2) is 36.0 Å². The van der Waals surface area contributed by atoms with Gasteiger partial charge in [0.15, 0.2) is 12.4 Å². The van der Waals surface area contributed by atoms with Crippen molar-refractivity contribution in [1.29, 1.82) is 0 Å². The van der Waals surface area contributed by atoms with E-state index in [9.17, 15) is 77.3 Å². The lowest BCUT2D eigenvalue weighted by atomic mass is 9.46. The molecule has 1 saturated heterocycles. The van der Waals surface area contributed by atoms with Crippen LogP contribution in [0.5, 0.6) is 0 Å². The highest BCUT2D eigenvalue weighted by molar-refractivity contribution is 6.02. The number of hydrogen-bond acceptors (Lipinski definition) is 30. The Balaban J connectivity index is 1.25. The second-order valence-electron chi connectivity index (χ2n) is 41.4. The van der Waals surface area contributed by atoms with Gasteiger partial charge in [0, 0.05) is 66.1 Å². The molecule has 4 fully saturated rings. The van der Waals surface area contributed by atoms with Gasteiger partial charge in [-0.1, -0.05) is 135 Å². The summed E-state index contributed by atoms with van der Waals surface area (Å²) >= 11 is 0. The third kappa shape index (κ3) is 33.1. The summed E-state index contributed by atoms with van der Waals surface area (Å²) in [4.78, 5) is 264. The molecule has 0 radical (unpaired) electrons. The van der Waals surface area contributed by atoms with E-state index in [2.05, 4.69) is 21.3 Å². The summed E-state index contributed by atoms with van der Waals surface area (Å²) in [5, 5.41) is 34.6. The molecule has 0 spiro atoms. The highest BCUT2D eigenvalue weighted by atomic mass is 16.8. The van der Waals surface area contributed by atoms with Crippen LogP contribution in [0.2, 0.25) is 0 Å². The van der Waals surface area contributed by atoms with E-state index in [0.717, 1.165) is 25.2 Å². The summed E-state index contributed by atoms with van der Waals surface area (Å²) in [6.07, 6.45) is 5.13. The van der Waals surface area contributed by atoms with Crippen molar-refractivity contribution in [1.82, 2.24) is 55.6 Å². The zero-order chi connectivity index (χ0) is 107. The lowest BCUT2D eigenvalue weighted by molar-refractivity contribution is -0.181. The summed E-state index contributed by atoms with van der Waals surface area (Å²) in [6.45, 7) is 30.0. The van der Waals surface area contributed by atoms with E-state index >= 15 is 19.2 Å². The van der Waals surface area contributed by atoms with Crippen LogP contribution < -0.4 is 27.0 Å². The monoisotopic (exact) mass is 2010 g/mol. The molecule has 5 aliphatic rings. The first-order valence-corrected chi connectivity index (χ1v) is 49.9. The van der Waals surface area contributed by atoms with E-state index in [1.54, 1.807) is 72.8 Å². The average Bonchev–Trinajstić information content (AvgIpc) is 1.49. The third-order valence-corrected chi connectivity index (χ3v) is 28.1. The van der Waals surface area contributed by atoms with Crippen molar-refractivity contribution < 1.29 is 139 Å². The van der Waals surface area contributed by atoms with Gasteiger partial charge in [-0.25, -0.2) is 4.79 Å². The van der Waals surface area contributed by atoms with Gasteiger partial charge in [-0.3, -0.25) is 81.5 Å². The van der Waals surface area contributed by atoms with Crippen LogP contribution in [0.25, 0.3) is 0 Å². The first-order chi connectivity index (χ1) is 66.4. The first-order valence-electron chi connectivity index (χ1n) is 49.9. The number of nitrogens with one attached hydrogen (secondary N) is 4. The lowest BCUT2D eigenvalue weighted by Gasteiger charge is -2.59. The quantitative estimate of drug-likeness (QED) is 0.0144. The summed E-state index contributed by atoms with van der Waals surface area (Å²) in [7, 11) is 9.40. The van der Waals surface area contributed by atoms with Crippen molar-refractivity contribution in [2.45, 2.75) is 306 Å². The van der Waals surface area contributed by atoms with Gasteiger partial charge in [0.25, 0.3) is 0 Å². The number of esters is 4. The number of ether oxygens (including phenoxy) is 9. The van der Waals surface area contributed by atoms with Crippen LogP contribution >= 0.6 is 0 Å². The SMILES string of the molecule is CC=CC[C@@H](C)[C@@H](OC(=O)OCOC(=O)C[C@@H](N)C(=O)OCCOCCOCCOCCOC(=O)CCC(=O)OCC(=O)[C@@]1(O)CCC2C3CCC4=CC(=O)C=C[C@]4(C)C3[C@@H](O)C[C@@]21C)C1C(=O)NC(CC)C(=O)N(C)CC(=O)N(C)[C@@H](CC(C)C)C(=O)NC(C(C)C)C(=O)N(C)C(CC(C)C)C(=O)NC(C)C(=O)NC(C)C(=O)N(C)C(CC(C)C)C(=O)N(C)C(CC(C)C)C(=O)N(C)C(C(C)C)C(=O)N1C. The van der Waals surface area contributed by atoms with Crippen LogP contribution in [0.1, 0.15) is 221 Å². The van der Waals surface area contributed by atoms with Gasteiger partial charge >= 0.3 is 30.0 Å². The van der Waals surface area contributed by atoms with E-state index in [4.69, 9.17) is 48.4 Å². The predicted octanol–water partition coefficient (Wildman–Crippen LogP) is 4.69. The Morgan fingerprint density at radius 2 is 1.04 bits per heavy atom. The molecule has 0 bridgehead atoms. The zero-order valence-electron chi connectivity index (χ0n) is 88.5. The second kappa shape index (κ2) is 56.2. The summed E-state index contributed by atoms with van der Waals surface area (Å²) < 4.78 is 48.5. The number of fused-ring (bicyclic) bond motifs is 5. The summed E-state index contributed by atoms with van der Waals surface area (Å²) in [5.74, 6) is -16.7. The highest BCUT2D eigenvalue weighted by Crippen LogP contribution is 2.67. The molecule has 802 valence electrons. The molecule has 1 aliphatic heterocycles. The normalized spacial score (nSPS) is 27.9. The van der Waals surface area contributed by atoms with Crippen LogP contribution in [0, 0.1) is 70.0 Å². The number of allylic oxidation sites excluding steroid dienone is 6. The van der Waals surface area contributed by atoms with E-state index < -0.39 is 240 Å². The summed E-state index contributed by atoms with van der Waals surface area (Å²) in [5.41, 5.74) is 3.64. The van der Waals surface area contributed by atoms with Crippen LogP contribution in [0.3, 0.4) is 0 Å². The smallest absolute Gasteiger partial charge is 0.463 e. The Morgan fingerprint density at radius 3 is 1.58 bits per heavy atom. The van der Waals surface area contributed by atoms with Gasteiger partial charge in [-0.2, -0.15) is 0 Å². The number of carbonyl (C=O) groups excluding carboxylic acids is 18. The van der Waals surface area contributed by atoms with Crippen molar-refractivity contribution >= 4 is 107 Å². The number of aliphatic hydroxyl groups excluding tert-OH is 1. The predicted molar refractivity (Wildman–Crippen MR) is 520 cm³/mol. The van der Waals surface area contributed by atoms with Gasteiger partial charge in [0.05, 0.1) is 71.6 Å². The second-order valence-corrected chi connectivity index (χ2v) is 41.4. The Morgan fingerprint density at radius 1 is 0.542 bits per heavy atom. The Kier molecular flexibility index (Phi) is 48.3. The molecule has 11 amide bonds. The summed E-state index contributed by atoms with van der Waals surface area (Å²) in [6, 6.07) is -15.4. The van der Waals surface area contributed by atoms with Crippen LogP contribution in [0.4, 0.5) is 4.79 Å². The molecule has 41 nitrogen and oxygen atoms in total. The fraction of sp³-hybridized carbons (Fsp3) is 0.762. The van der Waals surface area contributed by atoms with Gasteiger partial charge < -0.3 is 114 Å². The van der Waals surface area contributed by atoms with Crippen molar-refractivity contribution in [3.63, 3.8) is 0 Å². The number of nitrogens with two attached hydrogens (primary N) is 1. The number of nitrogens with zero attached hydrogens (tertiary/aromatic N) is 7. The molecule has 0 aromatic carbocycles. The number of amides is 11. The van der Waals surface area contributed by atoms with Gasteiger partial charge in [-0.05, 0) is 157 Å². The van der Waals surface area contributed by atoms with Crippen LogP contribution in [-0.4, -0.2) is 357 Å². The average molecular weight is 2010 g/mol. The number of carbonyl (C=O) groups is 18. The van der Waals surface area contributed by atoms with E-state index in [-0.39, 0.29) is 164 Å². The minimum atomic E-state index is -1.94. The maximum absolute atomic E-state index is 15.9. The standard InChI is InChI=1S/C101H164N12O29/c1-27-29-30-63(15)86(142-98(132)141-56-140-81(120)52-70(102)97(131)138-46-44-136-42-40-134-39-41-135-43-45-137-79(118)33-34-80(119)139-55-77(116)101(133)38-36-69-68-32-31-66-51-67(114)35-37-99(66,18)82(68)76(115)53-100(69,101)19)85-90(124)105-71(28-2)92(126)107(20)54-78(117)108(21)72(47-57(3)4)89(123)106-83(61(11)12)95(129)109(22)73(48-58(5)6)88(122)103-64(16)87(121)104-65(17)91(125)110(23)74(49-59(7)8)93(127)111(24)75(50-60(9)10)94(128)112(25)84(62(13)14)96(130)113(85)26/h27,29,35,37,51,57-65,68-76,82-86,115,133H,28,30-34,36,38-50,52-56,102H2,1-26H3,(H,103,122)(H,104,121)(H,105,124)(H,106,123)/t63-,64?,65?,68?,69?,70-,71?,72+,73?,74?,75?,76+,82?,83?,84?,85?,86-,99+,100+,101+/m1/s1. The van der Waals surface area contributed by atoms with Crippen molar-refractivity contribution in [3.8, 4) is 0 Å². The fourth-order valence-electron chi connectivity index (χ4n) is 19.9. The number of hydrogen-bond donors (Lipinski definition) is 7. The molecule has 8 N–H and O–H groups in total. The van der Waals surface area contributed by atoms with Crippen molar-refractivity contribution in [2.75, 3.05) is 122 Å². The molecule has 5 rings (SSSR count). The number of rotatable bonds is 39. The largest absolute Gasteiger partial charge is 0.511 e. The lowest BCUT2D eigenvalue weighted by Crippen LogP contribution is -2.64. The van der Waals surface area contributed by atoms with Gasteiger partial charge in [0.2, 0.25) is 77.6 Å². The first kappa shape index (κ1) is 122. The van der Waals surface area contributed by atoms with E-state index in [0.29, 0.717) is 19.3 Å². The van der Waals surface area contributed by atoms with Crippen molar-refractivity contribution in [3.05, 3.63) is 36.0 Å². The molecule has 4 aliphatic carbocycles. The molecule has 41 heteroatoms. The molecule has 142 heavy (non-hydrogen) atoms.